The molecule has 1 heterocycles. The van der Waals surface area contributed by atoms with Crippen molar-refractivity contribution in [2.24, 2.45) is 0 Å². The smallest absolute Gasteiger partial charge is 0.335 e. The van der Waals surface area contributed by atoms with Gasteiger partial charge in [-0.25, -0.2) is 4.79 Å². The third-order valence-electron chi connectivity index (χ3n) is 8.61. The van der Waals surface area contributed by atoms with Crippen LogP contribution in [0.15, 0.2) is 12.2 Å². The Morgan fingerprint density at radius 3 is 1.65 bits per heavy atom. The molecule has 1 saturated heterocycles. The predicted molar refractivity (Wildman–Crippen MR) is 183 cm³/mol. The molecule has 4 N–H and O–H groups in total. The molecule has 0 spiro atoms. The van der Waals surface area contributed by atoms with E-state index in [1.54, 1.807) is 0 Å². The molecule has 0 aromatic rings. The van der Waals surface area contributed by atoms with Gasteiger partial charge in [0, 0.05) is 12.8 Å². The van der Waals surface area contributed by atoms with Crippen molar-refractivity contribution in [3.05, 3.63) is 12.2 Å². The summed E-state index contributed by atoms with van der Waals surface area (Å²) in [6.07, 6.45) is 17.2. The van der Waals surface area contributed by atoms with Gasteiger partial charge in [0.15, 0.2) is 18.5 Å². The van der Waals surface area contributed by atoms with Gasteiger partial charge in [0.05, 0.1) is 6.61 Å². The first-order valence-electron chi connectivity index (χ1n) is 18.7. The maximum absolute atomic E-state index is 12.6. The third-order valence-corrected chi connectivity index (χ3v) is 8.61. The van der Waals surface area contributed by atoms with Gasteiger partial charge in [-0.15, -0.1) is 0 Å². The fourth-order valence-electron chi connectivity index (χ4n) is 5.58. The van der Waals surface area contributed by atoms with E-state index in [-0.39, 0.29) is 26.1 Å². The molecule has 0 aromatic heterocycles. The number of carbonyl (C=O) groups is 3. The molecule has 0 aromatic carbocycles. The molecular weight excluding hydrogens is 620 g/mol. The van der Waals surface area contributed by atoms with Crippen LogP contribution in [0.2, 0.25) is 0 Å². The van der Waals surface area contributed by atoms with Crippen molar-refractivity contribution in [3.63, 3.8) is 0 Å². The van der Waals surface area contributed by atoms with E-state index in [0.717, 1.165) is 57.8 Å². The second-order valence-electron chi connectivity index (χ2n) is 13.1. The summed E-state index contributed by atoms with van der Waals surface area (Å²) in [5, 5.41) is 39.5. The Labute approximate surface area is 288 Å². The molecule has 0 aliphatic carbocycles. The number of rotatable bonds is 30. The van der Waals surface area contributed by atoms with Crippen molar-refractivity contribution in [2.75, 3.05) is 13.2 Å². The zero-order valence-electron chi connectivity index (χ0n) is 29.7. The Morgan fingerprint density at radius 2 is 1.10 bits per heavy atom. The maximum Gasteiger partial charge on any atom is 0.335 e. The van der Waals surface area contributed by atoms with Crippen molar-refractivity contribution in [1.82, 2.24) is 0 Å². The molecule has 11 heteroatoms. The van der Waals surface area contributed by atoms with Crippen molar-refractivity contribution in [1.29, 1.82) is 0 Å². The molecule has 1 aliphatic heterocycles. The number of carboxylic acid groups (broad SMARTS) is 1. The van der Waals surface area contributed by atoms with E-state index in [0.29, 0.717) is 12.8 Å². The number of aliphatic hydroxyl groups is 3. The zero-order valence-corrected chi connectivity index (χ0v) is 29.7. The van der Waals surface area contributed by atoms with Crippen LogP contribution < -0.4 is 0 Å². The highest BCUT2D eigenvalue weighted by Gasteiger charge is 2.47. The molecule has 1 rings (SSSR count). The molecule has 0 bridgehead atoms. The van der Waals surface area contributed by atoms with Gasteiger partial charge in [-0.3, -0.25) is 9.59 Å². The van der Waals surface area contributed by atoms with Crippen LogP contribution in [0, 0.1) is 0 Å². The van der Waals surface area contributed by atoms with Crippen LogP contribution in [-0.4, -0.2) is 88.4 Å². The van der Waals surface area contributed by atoms with Gasteiger partial charge >= 0.3 is 17.9 Å². The van der Waals surface area contributed by atoms with Crippen LogP contribution in [0.4, 0.5) is 0 Å². The van der Waals surface area contributed by atoms with E-state index < -0.39 is 54.7 Å². The minimum atomic E-state index is -1.86. The number of unbranched alkanes of at least 4 members (excludes halogenated alkanes) is 17. The number of esters is 2. The summed E-state index contributed by atoms with van der Waals surface area (Å²) in [5.41, 5.74) is 0. The lowest BCUT2D eigenvalue weighted by molar-refractivity contribution is -0.298. The van der Waals surface area contributed by atoms with Crippen LogP contribution in [-0.2, 0) is 33.3 Å². The molecular formula is C37H66O11. The second kappa shape index (κ2) is 28.8. The van der Waals surface area contributed by atoms with Crippen LogP contribution in [0.25, 0.3) is 0 Å². The topological polar surface area (TPSA) is 169 Å². The van der Waals surface area contributed by atoms with Gasteiger partial charge in [0.2, 0.25) is 0 Å². The van der Waals surface area contributed by atoms with Crippen molar-refractivity contribution in [2.45, 2.75) is 192 Å². The minimum absolute atomic E-state index is 0.184. The van der Waals surface area contributed by atoms with Crippen LogP contribution in [0.3, 0.4) is 0 Å². The number of aliphatic carboxylic acids is 1. The highest BCUT2D eigenvalue weighted by Crippen LogP contribution is 2.23. The Hall–Kier alpha value is -2.05. The van der Waals surface area contributed by atoms with E-state index >= 15 is 0 Å². The normalized spacial score (nSPS) is 21.7. The predicted octanol–water partition coefficient (Wildman–Crippen LogP) is 6.53. The Kier molecular flexibility index (Phi) is 26.3. The van der Waals surface area contributed by atoms with Gasteiger partial charge in [-0.05, 0) is 38.5 Å². The lowest BCUT2D eigenvalue weighted by atomic mass is 9.99. The summed E-state index contributed by atoms with van der Waals surface area (Å²) < 4.78 is 21.6. The molecule has 11 nitrogen and oxygen atoms in total. The first-order valence-corrected chi connectivity index (χ1v) is 18.7. The quantitative estimate of drug-likeness (QED) is 0.0368. The highest BCUT2D eigenvalue weighted by atomic mass is 16.7. The van der Waals surface area contributed by atoms with Gasteiger partial charge in [0.25, 0.3) is 0 Å². The zero-order chi connectivity index (χ0) is 35.4. The molecule has 6 atom stereocenters. The number of hydrogen-bond donors (Lipinski definition) is 4. The fraction of sp³-hybridized carbons (Fsp3) is 0.865. The van der Waals surface area contributed by atoms with Crippen molar-refractivity contribution < 1.29 is 53.8 Å². The second-order valence-corrected chi connectivity index (χ2v) is 13.1. The van der Waals surface area contributed by atoms with Crippen molar-refractivity contribution >= 4 is 17.9 Å². The number of hydrogen-bond acceptors (Lipinski definition) is 10. The Morgan fingerprint density at radius 1 is 0.625 bits per heavy atom. The molecule has 1 fully saturated rings. The number of aliphatic hydroxyl groups excluding tert-OH is 3. The molecule has 0 amide bonds. The largest absolute Gasteiger partial charge is 0.479 e. The van der Waals surface area contributed by atoms with Gasteiger partial charge in [-0.1, -0.05) is 116 Å². The van der Waals surface area contributed by atoms with Crippen LogP contribution >= 0.6 is 0 Å². The van der Waals surface area contributed by atoms with Crippen LogP contribution in [0.1, 0.15) is 155 Å². The minimum Gasteiger partial charge on any atom is -0.479 e. The molecule has 280 valence electrons. The summed E-state index contributed by atoms with van der Waals surface area (Å²) in [6, 6.07) is 0. The summed E-state index contributed by atoms with van der Waals surface area (Å²) in [5.74, 6) is -2.46. The molecule has 6 unspecified atom stereocenters. The van der Waals surface area contributed by atoms with E-state index in [1.807, 2.05) is 0 Å². The average molecular weight is 687 g/mol. The Bertz CT molecular complexity index is 864. The standard InChI is InChI=1S/C37H66O11/c1-3-5-7-9-11-13-14-15-16-18-19-21-23-25-30(38)45-27-29(47-31(39)26-24-22-20-17-12-10-8-6-4-2)28-46-37-34(42)32(40)33(41)35(48-37)36(43)44/h13-14,29,32-35,37,40-42H,3-12,15-28H2,1-2H3,(H,43,44)/b14-13-. The van der Waals surface area contributed by atoms with Gasteiger partial charge in [0.1, 0.15) is 24.9 Å². The number of carbonyl (C=O) groups excluding carboxylic acids is 2. The molecule has 1 aliphatic rings. The van der Waals surface area contributed by atoms with E-state index in [1.165, 1.54) is 57.8 Å². The summed E-state index contributed by atoms with van der Waals surface area (Å²) >= 11 is 0. The first-order chi connectivity index (χ1) is 23.2. The highest BCUT2D eigenvalue weighted by molar-refractivity contribution is 5.73. The molecule has 0 saturated carbocycles. The number of carboxylic acids is 1. The third kappa shape index (κ3) is 21.1. The lowest BCUT2D eigenvalue weighted by Crippen LogP contribution is -2.60. The number of allylic oxidation sites excluding steroid dienone is 2. The SMILES string of the molecule is CCCCCC/C=C\CCCCCCCC(=O)OCC(COC1OC(C(=O)O)C(O)C(O)C1O)OC(=O)CCCCCCCCCCC. The molecule has 0 radical (unpaired) electrons. The fourth-order valence-corrected chi connectivity index (χ4v) is 5.58. The summed E-state index contributed by atoms with van der Waals surface area (Å²) in [6.45, 7) is 3.73. The monoisotopic (exact) mass is 686 g/mol. The first kappa shape index (κ1) is 44.0. The van der Waals surface area contributed by atoms with Crippen molar-refractivity contribution in [3.8, 4) is 0 Å². The van der Waals surface area contributed by atoms with E-state index in [9.17, 15) is 34.8 Å². The maximum atomic E-state index is 12.6. The van der Waals surface area contributed by atoms with Crippen LogP contribution in [0.5, 0.6) is 0 Å². The Balaban J connectivity index is 2.45. The van der Waals surface area contributed by atoms with E-state index in [2.05, 4.69) is 26.0 Å². The summed E-state index contributed by atoms with van der Waals surface area (Å²) in [7, 11) is 0. The number of ether oxygens (including phenoxy) is 4. The van der Waals surface area contributed by atoms with E-state index in [4.69, 9.17) is 18.9 Å². The molecule has 48 heavy (non-hydrogen) atoms. The van der Waals surface area contributed by atoms with Gasteiger partial charge in [-0.2, -0.15) is 0 Å². The lowest BCUT2D eigenvalue weighted by Gasteiger charge is -2.38. The van der Waals surface area contributed by atoms with Gasteiger partial charge < -0.3 is 39.4 Å². The summed E-state index contributed by atoms with van der Waals surface area (Å²) in [4.78, 5) is 36.5. The average Bonchev–Trinajstić information content (AvgIpc) is 3.06.